The third-order valence-corrected chi connectivity index (χ3v) is 7.81. The van der Waals surface area contributed by atoms with Crippen LogP contribution in [0.3, 0.4) is 0 Å². The summed E-state index contributed by atoms with van der Waals surface area (Å²) < 4.78 is 64.3. The molecule has 0 bridgehead atoms. The van der Waals surface area contributed by atoms with Crippen LogP contribution < -0.4 is 10.6 Å². The van der Waals surface area contributed by atoms with Crippen molar-refractivity contribution in [3.8, 4) is 51.2 Å². The van der Waals surface area contributed by atoms with Gasteiger partial charge in [0.2, 0.25) is 17.8 Å². The number of hydrogen-bond acceptors (Lipinski definition) is 9. The molecule has 0 radical (unpaired) electrons. The number of rotatable bonds is 9. The third kappa shape index (κ3) is 6.67. The van der Waals surface area contributed by atoms with Crippen molar-refractivity contribution < 1.29 is 22.0 Å². The zero-order chi connectivity index (χ0) is 35.6. The maximum atomic E-state index is 14.5. The largest absolute Gasteiger partial charge is 0.435 e. The van der Waals surface area contributed by atoms with Crippen LogP contribution in [0.25, 0.3) is 51.2 Å². The molecule has 0 aliphatic carbocycles. The number of para-hydroxylation sites is 2. The lowest BCUT2D eigenvalue weighted by molar-refractivity contribution is 0.588. The van der Waals surface area contributed by atoms with Gasteiger partial charge in [0.25, 0.3) is 0 Å². The standard InChI is InChI=1S/C38H23F4N9O/c39-25-16-12-22(13-17-25)33-34(23-14-18-26(40)19-15-23)52-36(45-33)24-6-5-7-27(20-24)51-21-32(49-50-51)35-46-37(43-30-10-3-1-8-28(30)41)48-38(47-35)44-31-11-4-2-9-29(31)42/h1-21H,(H2,43,44,46,47,48). The quantitative estimate of drug-likeness (QED) is 0.142. The number of nitrogens with zero attached hydrogens (tertiary/aromatic N) is 7. The van der Waals surface area contributed by atoms with Crippen molar-refractivity contribution in [3.63, 3.8) is 0 Å². The van der Waals surface area contributed by atoms with Crippen LogP contribution in [-0.2, 0) is 0 Å². The monoisotopic (exact) mass is 697 g/mol. The number of benzene rings is 5. The highest BCUT2D eigenvalue weighted by molar-refractivity contribution is 5.79. The molecule has 5 aromatic carbocycles. The average Bonchev–Trinajstić information content (AvgIpc) is 3.84. The molecule has 14 heteroatoms. The molecule has 52 heavy (non-hydrogen) atoms. The molecule has 0 fully saturated rings. The maximum Gasteiger partial charge on any atom is 0.232 e. The number of halogens is 4. The number of hydrogen-bond donors (Lipinski definition) is 2. The van der Waals surface area contributed by atoms with Crippen LogP contribution in [0.5, 0.6) is 0 Å². The van der Waals surface area contributed by atoms with E-state index in [1.54, 1.807) is 79.0 Å². The minimum Gasteiger partial charge on any atom is -0.435 e. The number of oxazole rings is 1. The Balaban J connectivity index is 1.14. The van der Waals surface area contributed by atoms with Crippen molar-refractivity contribution in [2.45, 2.75) is 0 Å². The first-order valence-electron chi connectivity index (χ1n) is 15.7. The Labute approximate surface area is 292 Å². The summed E-state index contributed by atoms with van der Waals surface area (Å²) in [7, 11) is 0. The highest BCUT2D eigenvalue weighted by Crippen LogP contribution is 2.36. The highest BCUT2D eigenvalue weighted by Gasteiger charge is 2.20. The first kappa shape index (κ1) is 32.0. The Hall–Kier alpha value is -7.22. The van der Waals surface area contributed by atoms with E-state index < -0.39 is 23.3 Å². The van der Waals surface area contributed by atoms with Gasteiger partial charge in [0.1, 0.15) is 29.0 Å². The Morgan fingerprint density at radius 3 is 1.77 bits per heavy atom. The molecule has 3 heterocycles. The van der Waals surface area contributed by atoms with E-state index in [1.165, 1.54) is 53.2 Å². The van der Waals surface area contributed by atoms with Crippen molar-refractivity contribution in [1.29, 1.82) is 0 Å². The lowest BCUT2D eigenvalue weighted by Crippen LogP contribution is -2.07. The molecule has 0 unspecified atom stereocenters. The molecule has 254 valence electrons. The molecule has 0 aliphatic rings. The van der Waals surface area contributed by atoms with Gasteiger partial charge in [-0.05, 0) is 91.0 Å². The minimum absolute atomic E-state index is 0.0247. The second kappa shape index (κ2) is 13.6. The summed E-state index contributed by atoms with van der Waals surface area (Å²) in [4.78, 5) is 17.9. The topological polar surface area (TPSA) is 119 Å². The van der Waals surface area contributed by atoms with Gasteiger partial charge in [-0.1, -0.05) is 35.5 Å². The van der Waals surface area contributed by atoms with Crippen LogP contribution in [-0.4, -0.2) is 34.9 Å². The molecule has 3 aromatic heterocycles. The molecule has 8 aromatic rings. The van der Waals surface area contributed by atoms with Gasteiger partial charge in [0.15, 0.2) is 17.3 Å². The van der Waals surface area contributed by atoms with Gasteiger partial charge in [0.05, 0.1) is 23.3 Å². The van der Waals surface area contributed by atoms with Crippen molar-refractivity contribution in [2.24, 2.45) is 0 Å². The van der Waals surface area contributed by atoms with Gasteiger partial charge >= 0.3 is 0 Å². The van der Waals surface area contributed by atoms with Crippen LogP contribution in [0.1, 0.15) is 0 Å². The van der Waals surface area contributed by atoms with Crippen molar-refractivity contribution in [2.75, 3.05) is 10.6 Å². The Morgan fingerprint density at radius 1 is 0.558 bits per heavy atom. The molecule has 0 spiro atoms. The zero-order valence-electron chi connectivity index (χ0n) is 26.7. The van der Waals surface area contributed by atoms with Crippen LogP contribution >= 0.6 is 0 Å². The Morgan fingerprint density at radius 2 is 1.15 bits per heavy atom. The van der Waals surface area contributed by atoms with E-state index in [4.69, 9.17) is 9.40 Å². The van der Waals surface area contributed by atoms with Crippen LogP contribution in [0.2, 0.25) is 0 Å². The number of aromatic nitrogens is 7. The normalized spacial score (nSPS) is 11.1. The molecule has 0 amide bonds. The smallest absolute Gasteiger partial charge is 0.232 e. The van der Waals surface area contributed by atoms with Crippen molar-refractivity contribution in [1.82, 2.24) is 34.9 Å². The lowest BCUT2D eigenvalue weighted by atomic mass is 10.1. The fourth-order valence-electron chi connectivity index (χ4n) is 5.29. The molecule has 0 atom stereocenters. The summed E-state index contributed by atoms with van der Waals surface area (Å²) in [5.74, 6) is -1.21. The van der Waals surface area contributed by atoms with E-state index in [-0.39, 0.29) is 40.7 Å². The van der Waals surface area contributed by atoms with E-state index in [1.807, 2.05) is 0 Å². The third-order valence-electron chi connectivity index (χ3n) is 7.81. The van der Waals surface area contributed by atoms with Gasteiger partial charge in [-0.3, -0.25) is 0 Å². The summed E-state index contributed by atoms with van der Waals surface area (Å²) >= 11 is 0. The fraction of sp³-hybridized carbons (Fsp3) is 0. The summed E-state index contributed by atoms with van der Waals surface area (Å²) in [6.07, 6.45) is 1.58. The number of nitrogens with one attached hydrogen (secondary N) is 2. The Bertz CT molecular complexity index is 2410. The first-order valence-corrected chi connectivity index (χ1v) is 15.7. The summed E-state index contributed by atoms with van der Waals surface area (Å²) in [6, 6.07) is 30.8. The molecule has 0 saturated heterocycles. The summed E-state index contributed by atoms with van der Waals surface area (Å²) in [5, 5.41) is 14.2. The van der Waals surface area contributed by atoms with E-state index in [2.05, 4.69) is 35.9 Å². The Kier molecular flexibility index (Phi) is 8.37. The van der Waals surface area contributed by atoms with E-state index in [0.717, 1.165) is 0 Å². The minimum atomic E-state index is -0.528. The van der Waals surface area contributed by atoms with Crippen LogP contribution in [0.4, 0.5) is 40.8 Å². The molecule has 8 rings (SSSR count). The van der Waals surface area contributed by atoms with E-state index in [9.17, 15) is 17.6 Å². The van der Waals surface area contributed by atoms with E-state index >= 15 is 0 Å². The predicted molar refractivity (Wildman–Crippen MR) is 186 cm³/mol. The average molecular weight is 698 g/mol. The maximum absolute atomic E-state index is 14.5. The molecular formula is C38H23F4N9O. The molecule has 0 aliphatic heterocycles. The van der Waals surface area contributed by atoms with Crippen molar-refractivity contribution >= 4 is 23.3 Å². The molecule has 2 N–H and O–H groups in total. The van der Waals surface area contributed by atoms with Crippen LogP contribution in [0, 0.1) is 23.3 Å². The molecule has 0 saturated carbocycles. The highest BCUT2D eigenvalue weighted by atomic mass is 19.1. The zero-order valence-corrected chi connectivity index (χ0v) is 26.7. The van der Waals surface area contributed by atoms with Gasteiger partial charge in [-0.25, -0.2) is 27.2 Å². The van der Waals surface area contributed by atoms with Gasteiger partial charge < -0.3 is 15.1 Å². The second-order valence-corrected chi connectivity index (χ2v) is 11.3. The lowest BCUT2D eigenvalue weighted by Gasteiger charge is -2.10. The van der Waals surface area contributed by atoms with Gasteiger partial charge in [-0.2, -0.15) is 15.0 Å². The molecule has 10 nitrogen and oxygen atoms in total. The van der Waals surface area contributed by atoms with Crippen molar-refractivity contribution in [3.05, 3.63) is 151 Å². The second-order valence-electron chi connectivity index (χ2n) is 11.3. The van der Waals surface area contributed by atoms with Gasteiger partial charge in [0, 0.05) is 16.7 Å². The van der Waals surface area contributed by atoms with Crippen LogP contribution in [0.15, 0.2) is 132 Å². The molecular weight excluding hydrogens is 674 g/mol. The van der Waals surface area contributed by atoms with E-state index in [0.29, 0.717) is 33.8 Å². The SMILES string of the molecule is Fc1ccc(-c2nc(-c3cccc(-n4cc(-c5nc(Nc6ccccc6F)nc(Nc6ccccc6F)n5)nn4)c3)oc2-c2ccc(F)cc2)cc1. The predicted octanol–water partition coefficient (Wildman–Crippen LogP) is 9.15. The fourth-order valence-corrected chi connectivity index (χ4v) is 5.29. The number of anilines is 4. The first-order chi connectivity index (χ1) is 25.4. The summed E-state index contributed by atoms with van der Waals surface area (Å²) in [6.45, 7) is 0. The summed E-state index contributed by atoms with van der Waals surface area (Å²) in [5.41, 5.74) is 3.27. The van der Waals surface area contributed by atoms with Gasteiger partial charge in [-0.15, -0.1) is 5.10 Å².